The summed E-state index contributed by atoms with van der Waals surface area (Å²) in [5.74, 6) is -1.46. The van der Waals surface area contributed by atoms with Gasteiger partial charge in [0.15, 0.2) is 0 Å². The Morgan fingerprint density at radius 2 is 2.13 bits per heavy atom. The van der Waals surface area contributed by atoms with Crippen molar-refractivity contribution in [3.8, 4) is 5.75 Å². The predicted molar refractivity (Wildman–Crippen MR) is 110 cm³/mol. The molecule has 2 aromatic rings. The lowest BCUT2D eigenvalue weighted by Crippen LogP contribution is -2.61. The van der Waals surface area contributed by atoms with E-state index < -0.39 is 33.0 Å². The summed E-state index contributed by atoms with van der Waals surface area (Å²) in [6.45, 7) is 3.80. The van der Waals surface area contributed by atoms with Crippen LogP contribution in [-0.4, -0.2) is 49.0 Å². The number of pyridine rings is 1. The van der Waals surface area contributed by atoms with Crippen LogP contribution in [0, 0.1) is 11.2 Å². The van der Waals surface area contributed by atoms with Crippen LogP contribution >= 0.6 is 0 Å². The van der Waals surface area contributed by atoms with Crippen LogP contribution in [0.1, 0.15) is 29.9 Å². The Bertz CT molecular complexity index is 1090. The molecule has 3 rings (SSSR count). The molecule has 1 aromatic carbocycles. The van der Waals surface area contributed by atoms with E-state index in [-0.39, 0.29) is 22.9 Å². The highest BCUT2D eigenvalue weighted by atomic mass is 32.2. The van der Waals surface area contributed by atoms with E-state index >= 15 is 0 Å². The van der Waals surface area contributed by atoms with Gasteiger partial charge >= 0.3 is 0 Å². The molecule has 1 amide bonds. The SMILES string of the molecule is CCOc1ccc(C(=O)Nc2ccc(F)c([C@]3(C)CS(=O)(=O)N(C)C(=N)N3)c2)nc1. The largest absolute Gasteiger partial charge is 0.492 e. The maximum Gasteiger partial charge on any atom is 0.274 e. The smallest absolute Gasteiger partial charge is 0.274 e. The number of rotatable bonds is 5. The minimum absolute atomic E-state index is 0.0152. The summed E-state index contributed by atoms with van der Waals surface area (Å²) in [6, 6.07) is 6.96. The van der Waals surface area contributed by atoms with Crippen molar-refractivity contribution in [2.75, 3.05) is 24.7 Å². The summed E-state index contributed by atoms with van der Waals surface area (Å²) in [4.78, 5) is 16.5. The summed E-state index contributed by atoms with van der Waals surface area (Å²) in [5, 5.41) is 13.2. The van der Waals surface area contributed by atoms with Crippen LogP contribution in [0.25, 0.3) is 0 Å². The number of benzene rings is 1. The average Bonchev–Trinajstić information content (AvgIpc) is 2.68. The van der Waals surface area contributed by atoms with Gasteiger partial charge in [0.2, 0.25) is 16.0 Å². The van der Waals surface area contributed by atoms with E-state index in [1.54, 1.807) is 6.07 Å². The summed E-state index contributed by atoms with van der Waals surface area (Å²) in [6.07, 6.45) is 1.43. The second-order valence-corrected chi connectivity index (χ2v) is 8.99. The van der Waals surface area contributed by atoms with Gasteiger partial charge in [0.25, 0.3) is 5.91 Å². The molecule has 160 valence electrons. The van der Waals surface area contributed by atoms with Gasteiger partial charge in [-0.25, -0.2) is 22.1 Å². The van der Waals surface area contributed by atoms with Crippen molar-refractivity contribution >= 4 is 27.6 Å². The minimum atomic E-state index is -3.80. The summed E-state index contributed by atoms with van der Waals surface area (Å²) >= 11 is 0. The van der Waals surface area contributed by atoms with Crippen molar-refractivity contribution in [2.45, 2.75) is 19.4 Å². The van der Waals surface area contributed by atoms with Gasteiger partial charge in [-0.1, -0.05) is 0 Å². The van der Waals surface area contributed by atoms with E-state index in [1.165, 1.54) is 38.4 Å². The number of aromatic nitrogens is 1. The van der Waals surface area contributed by atoms with Gasteiger partial charge in [-0.3, -0.25) is 10.2 Å². The Hall–Kier alpha value is -3.21. The lowest BCUT2D eigenvalue weighted by Gasteiger charge is -2.40. The van der Waals surface area contributed by atoms with E-state index in [2.05, 4.69) is 15.6 Å². The molecule has 1 aromatic heterocycles. The molecule has 0 unspecified atom stereocenters. The first-order valence-corrected chi connectivity index (χ1v) is 10.7. The molecule has 1 saturated heterocycles. The molecular formula is C19H22FN5O4S. The molecular weight excluding hydrogens is 413 g/mol. The zero-order valence-electron chi connectivity index (χ0n) is 16.7. The Morgan fingerprint density at radius 3 is 2.73 bits per heavy atom. The highest BCUT2D eigenvalue weighted by molar-refractivity contribution is 7.89. The zero-order valence-corrected chi connectivity index (χ0v) is 17.5. The van der Waals surface area contributed by atoms with Crippen molar-refractivity contribution in [1.29, 1.82) is 5.41 Å². The number of nitrogens with zero attached hydrogens (tertiary/aromatic N) is 2. The lowest BCUT2D eigenvalue weighted by molar-refractivity contribution is 0.102. The number of carbonyl (C=O) groups is 1. The van der Waals surface area contributed by atoms with Crippen LogP contribution in [0.3, 0.4) is 0 Å². The van der Waals surface area contributed by atoms with Gasteiger partial charge in [0, 0.05) is 18.3 Å². The maximum atomic E-state index is 14.6. The Labute approximate surface area is 173 Å². The van der Waals surface area contributed by atoms with E-state index in [4.69, 9.17) is 10.1 Å². The second-order valence-electron chi connectivity index (χ2n) is 6.99. The number of anilines is 1. The number of halogens is 1. The topological polar surface area (TPSA) is 124 Å². The number of hydrogen-bond acceptors (Lipinski definition) is 6. The molecule has 0 bridgehead atoms. The van der Waals surface area contributed by atoms with Gasteiger partial charge in [0.1, 0.15) is 17.3 Å². The van der Waals surface area contributed by atoms with Crippen molar-refractivity contribution in [1.82, 2.24) is 14.6 Å². The van der Waals surface area contributed by atoms with Gasteiger partial charge in [-0.05, 0) is 44.2 Å². The number of ether oxygens (including phenoxy) is 1. The molecule has 1 atom stereocenters. The predicted octanol–water partition coefficient (Wildman–Crippen LogP) is 1.89. The maximum absolute atomic E-state index is 14.6. The molecule has 1 aliphatic heterocycles. The first-order valence-electron chi connectivity index (χ1n) is 9.09. The fourth-order valence-electron chi connectivity index (χ4n) is 3.11. The van der Waals surface area contributed by atoms with Gasteiger partial charge in [-0.15, -0.1) is 0 Å². The molecule has 0 spiro atoms. The molecule has 11 heteroatoms. The van der Waals surface area contributed by atoms with E-state index in [0.717, 1.165) is 10.4 Å². The summed E-state index contributed by atoms with van der Waals surface area (Å²) < 4.78 is 45.4. The Morgan fingerprint density at radius 1 is 1.40 bits per heavy atom. The normalized spacial score (nSPS) is 20.4. The lowest BCUT2D eigenvalue weighted by atomic mass is 9.93. The number of sulfonamides is 1. The molecule has 0 radical (unpaired) electrons. The first kappa shape index (κ1) is 21.5. The van der Waals surface area contributed by atoms with E-state index in [0.29, 0.717) is 12.4 Å². The zero-order chi connectivity index (χ0) is 22.1. The van der Waals surface area contributed by atoms with Crippen molar-refractivity contribution in [3.63, 3.8) is 0 Å². The highest BCUT2D eigenvalue weighted by Crippen LogP contribution is 2.31. The van der Waals surface area contributed by atoms with Gasteiger partial charge < -0.3 is 15.4 Å². The van der Waals surface area contributed by atoms with Crippen LogP contribution < -0.4 is 15.4 Å². The first-order chi connectivity index (χ1) is 14.1. The van der Waals surface area contributed by atoms with Crippen LogP contribution in [0.15, 0.2) is 36.5 Å². The number of carbonyl (C=O) groups excluding carboxylic acids is 1. The molecule has 9 nitrogen and oxygen atoms in total. The third-order valence-electron chi connectivity index (χ3n) is 4.70. The van der Waals surface area contributed by atoms with Crippen LogP contribution in [-0.2, 0) is 15.6 Å². The second kappa shape index (κ2) is 7.90. The Balaban J connectivity index is 1.86. The van der Waals surface area contributed by atoms with Gasteiger partial charge in [-0.2, -0.15) is 0 Å². The van der Waals surface area contributed by atoms with Crippen molar-refractivity contribution in [3.05, 3.63) is 53.6 Å². The highest BCUT2D eigenvalue weighted by Gasteiger charge is 2.43. The summed E-state index contributed by atoms with van der Waals surface area (Å²) in [7, 11) is -2.55. The van der Waals surface area contributed by atoms with Crippen LogP contribution in [0.5, 0.6) is 5.75 Å². The quantitative estimate of drug-likeness (QED) is 0.659. The number of guanidine groups is 1. The molecule has 30 heavy (non-hydrogen) atoms. The van der Waals surface area contributed by atoms with Gasteiger partial charge in [0.05, 0.1) is 24.1 Å². The summed E-state index contributed by atoms with van der Waals surface area (Å²) in [5.41, 5.74) is -0.971. The molecule has 0 saturated carbocycles. The molecule has 3 N–H and O–H groups in total. The minimum Gasteiger partial charge on any atom is -0.492 e. The van der Waals surface area contributed by atoms with E-state index in [1.807, 2.05) is 6.92 Å². The standard InChI is InChI=1S/C19H22FN5O4S/c1-4-29-13-6-8-16(22-10-13)17(26)23-12-5-7-15(20)14(9-12)19(2)11-30(27,28)25(3)18(21)24-19/h5-10H,4,11H2,1-3H3,(H2,21,24)(H,23,26)/t19-/m0/s1. The molecule has 2 heterocycles. The molecule has 1 aliphatic rings. The van der Waals surface area contributed by atoms with Crippen LogP contribution in [0.4, 0.5) is 10.1 Å². The van der Waals surface area contributed by atoms with Crippen molar-refractivity contribution < 1.29 is 22.3 Å². The number of hydrogen-bond donors (Lipinski definition) is 3. The third-order valence-corrected chi connectivity index (χ3v) is 6.66. The number of nitrogens with one attached hydrogen (secondary N) is 3. The molecule has 0 aliphatic carbocycles. The van der Waals surface area contributed by atoms with Crippen LogP contribution in [0.2, 0.25) is 0 Å². The van der Waals surface area contributed by atoms with E-state index in [9.17, 15) is 17.6 Å². The van der Waals surface area contributed by atoms with Crippen molar-refractivity contribution in [2.24, 2.45) is 0 Å². The Kier molecular flexibility index (Phi) is 5.66. The monoisotopic (exact) mass is 435 g/mol. The third kappa shape index (κ3) is 4.20. The fourth-order valence-corrected chi connectivity index (χ4v) is 4.58. The number of amides is 1. The fraction of sp³-hybridized carbons (Fsp3) is 0.316. The average molecular weight is 435 g/mol. The molecule has 1 fully saturated rings.